The quantitative estimate of drug-likeness (QED) is 0.675. The van der Waals surface area contributed by atoms with Gasteiger partial charge in [0.2, 0.25) is 0 Å². The van der Waals surface area contributed by atoms with Gasteiger partial charge in [-0.3, -0.25) is 0 Å². The number of carboxylic acid groups (broad SMARTS) is 1. The van der Waals surface area contributed by atoms with Gasteiger partial charge in [0.1, 0.15) is 6.61 Å². The molecule has 1 heterocycles. The van der Waals surface area contributed by atoms with E-state index in [0.717, 1.165) is 19.5 Å². The van der Waals surface area contributed by atoms with E-state index in [1.54, 1.807) is 0 Å². The van der Waals surface area contributed by atoms with Gasteiger partial charge >= 0.3 is 5.97 Å². The predicted octanol–water partition coefficient (Wildman–Crippen LogP) is 1.35. The summed E-state index contributed by atoms with van der Waals surface area (Å²) in [5.74, 6) is -1.19. The van der Waals surface area contributed by atoms with Crippen LogP contribution in [0, 0.1) is 0 Å². The molecule has 0 saturated heterocycles. The maximum Gasteiger partial charge on any atom is 0.329 e. The molecule has 3 N–H and O–H groups in total. The van der Waals surface area contributed by atoms with Crippen LogP contribution in [0.15, 0.2) is 24.3 Å². The molecule has 1 aliphatic rings. The lowest BCUT2D eigenvalue weighted by Crippen LogP contribution is -2.29. The molecule has 18 heavy (non-hydrogen) atoms. The Hall–Kier alpha value is -1.10. The van der Waals surface area contributed by atoms with Crippen LogP contribution in [0.3, 0.4) is 0 Å². The fourth-order valence-corrected chi connectivity index (χ4v) is 2.17. The predicted molar refractivity (Wildman–Crippen MR) is 70.9 cm³/mol. The van der Waals surface area contributed by atoms with Gasteiger partial charge in [0.15, 0.2) is 0 Å². The van der Waals surface area contributed by atoms with E-state index < -0.39 is 12.6 Å². The van der Waals surface area contributed by atoms with E-state index in [1.165, 1.54) is 11.1 Å². The Morgan fingerprint density at radius 2 is 2.11 bits per heavy atom. The Bertz CT molecular complexity index is 407. The molecule has 1 atom stereocenters. The zero-order chi connectivity index (χ0) is 13.6. The Kier molecular flexibility index (Phi) is 5.59. The van der Waals surface area contributed by atoms with Crippen molar-refractivity contribution in [2.75, 3.05) is 19.7 Å². The van der Waals surface area contributed by atoms with Crippen molar-refractivity contribution in [3.05, 3.63) is 35.4 Å². The minimum absolute atomic E-state index is 0.243. The number of aliphatic carboxylic acids is 1. The molecule has 0 fully saturated rings. The highest BCUT2D eigenvalue weighted by Crippen LogP contribution is 2.32. The van der Waals surface area contributed by atoms with Crippen LogP contribution in [0.2, 0.25) is 0 Å². The highest BCUT2D eigenvalue weighted by Gasteiger charge is 2.27. The summed E-state index contributed by atoms with van der Waals surface area (Å²) in [5, 5.41) is 18.4. The molecular weight excluding hydrogens is 254 g/mol. The molecule has 0 amide bonds. The fourth-order valence-electron chi connectivity index (χ4n) is 1.89. The van der Waals surface area contributed by atoms with Crippen LogP contribution in [-0.4, -0.2) is 35.9 Å². The number of carbonyl (C=O) groups is 1. The average Bonchev–Trinajstić information content (AvgIpc) is 2.50. The van der Waals surface area contributed by atoms with E-state index >= 15 is 0 Å². The first-order valence-corrected chi connectivity index (χ1v) is 6.16. The summed E-state index contributed by atoms with van der Waals surface area (Å²) in [6.45, 7) is 3.18. The van der Waals surface area contributed by atoms with E-state index in [1.807, 2.05) is 0 Å². The summed E-state index contributed by atoms with van der Waals surface area (Å²) >= 11 is 6.44. The monoisotopic (exact) mass is 271 g/mol. The van der Waals surface area contributed by atoms with Crippen molar-refractivity contribution in [2.45, 2.75) is 18.2 Å². The third-order valence-electron chi connectivity index (χ3n) is 2.74. The van der Waals surface area contributed by atoms with Crippen LogP contribution in [-0.2, 0) is 16.1 Å². The third-order valence-corrected chi connectivity index (χ3v) is 3.08. The number of hydrogen-bond donors (Lipinski definition) is 3. The highest BCUT2D eigenvalue weighted by molar-refractivity contribution is 6.24. The van der Waals surface area contributed by atoms with E-state index in [2.05, 4.69) is 36.5 Å². The summed E-state index contributed by atoms with van der Waals surface area (Å²) in [5.41, 5.74) is 2.66. The number of aliphatic hydroxyl groups is 1. The van der Waals surface area contributed by atoms with E-state index in [-0.39, 0.29) is 4.87 Å². The Balaban J connectivity index is 0.000000280. The van der Waals surface area contributed by atoms with E-state index in [0.29, 0.717) is 0 Å². The first-order valence-electron chi connectivity index (χ1n) is 5.78. The van der Waals surface area contributed by atoms with Gasteiger partial charge in [-0.15, -0.1) is 11.6 Å². The van der Waals surface area contributed by atoms with Crippen LogP contribution in [0.25, 0.3) is 0 Å². The van der Waals surface area contributed by atoms with Gasteiger partial charge in [-0.1, -0.05) is 24.3 Å². The standard InChI is InChI=1S/C11H14ClN.C2H4O3/c1-11(12)8-13-7-6-9-4-2-3-5-10(9)11;3-1-2(4)5/h2-5,13H,6-8H2,1H3;3H,1H2,(H,4,5). The SMILES string of the molecule is CC1(Cl)CNCCc2ccccc21.O=C(O)CO. The minimum atomic E-state index is -1.19. The number of aliphatic hydroxyl groups excluding tert-OH is 1. The van der Waals surface area contributed by atoms with Crippen molar-refractivity contribution in [2.24, 2.45) is 0 Å². The number of halogens is 1. The van der Waals surface area contributed by atoms with Crippen LogP contribution in [0.4, 0.5) is 0 Å². The number of benzene rings is 1. The molecule has 0 aliphatic carbocycles. The zero-order valence-corrected chi connectivity index (χ0v) is 11.1. The summed E-state index contributed by atoms with van der Waals surface area (Å²) in [4.78, 5) is 8.88. The van der Waals surface area contributed by atoms with Crippen molar-refractivity contribution in [1.29, 1.82) is 0 Å². The van der Waals surface area contributed by atoms with Gasteiger partial charge in [0, 0.05) is 6.54 Å². The van der Waals surface area contributed by atoms with Crippen molar-refractivity contribution >= 4 is 17.6 Å². The zero-order valence-electron chi connectivity index (χ0n) is 10.3. The lowest BCUT2D eigenvalue weighted by Gasteiger charge is -2.22. The van der Waals surface area contributed by atoms with Gasteiger partial charge in [-0.05, 0) is 31.0 Å². The van der Waals surface area contributed by atoms with Crippen LogP contribution in [0.5, 0.6) is 0 Å². The molecule has 0 bridgehead atoms. The molecule has 0 saturated carbocycles. The van der Waals surface area contributed by atoms with Crippen LogP contribution >= 0.6 is 11.6 Å². The van der Waals surface area contributed by atoms with Gasteiger partial charge in [-0.2, -0.15) is 0 Å². The number of carboxylic acids is 1. The summed E-state index contributed by atoms with van der Waals surface area (Å²) in [6, 6.07) is 8.44. The minimum Gasteiger partial charge on any atom is -0.480 e. The molecule has 0 aromatic heterocycles. The second-order valence-corrected chi connectivity index (χ2v) is 5.17. The smallest absolute Gasteiger partial charge is 0.329 e. The van der Waals surface area contributed by atoms with Crippen molar-refractivity contribution in [1.82, 2.24) is 5.32 Å². The van der Waals surface area contributed by atoms with Crippen molar-refractivity contribution in [3.8, 4) is 0 Å². The molecule has 4 nitrogen and oxygen atoms in total. The lowest BCUT2D eigenvalue weighted by molar-refractivity contribution is -0.140. The van der Waals surface area contributed by atoms with E-state index in [9.17, 15) is 0 Å². The van der Waals surface area contributed by atoms with Gasteiger partial charge in [0.25, 0.3) is 0 Å². The van der Waals surface area contributed by atoms with Crippen LogP contribution in [0.1, 0.15) is 18.1 Å². The van der Waals surface area contributed by atoms with E-state index in [4.69, 9.17) is 26.6 Å². The number of alkyl halides is 1. The lowest BCUT2D eigenvalue weighted by atomic mass is 9.95. The molecular formula is C13H18ClNO3. The number of hydrogen-bond acceptors (Lipinski definition) is 3. The molecule has 1 unspecified atom stereocenters. The maximum absolute atomic E-state index is 9.12. The first-order chi connectivity index (χ1) is 8.47. The summed E-state index contributed by atoms with van der Waals surface area (Å²) < 4.78 is 0. The molecule has 0 radical (unpaired) electrons. The molecule has 2 rings (SSSR count). The molecule has 100 valence electrons. The maximum atomic E-state index is 9.12. The van der Waals surface area contributed by atoms with Gasteiger partial charge in [-0.25, -0.2) is 4.79 Å². The van der Waals surface area contributed by atoms with Crippen LogP contribution < -0.4 is 5.32 Å². The second-order valence-electron chi connectivity index (χ2n) is 4.33. The molecule has 1 aromatic rings. The Morgan fingerprint density at radius 3 is 2.72 bits per heavy atom. The highest BCUT2D eigenvalue weighted by atomic mass is 35.5. The number of rotatable bonds is 1. The van der Waals surface area contributed by atoms with Crippen molar-refractivity contribution < 1.29 is 15.0 Å². The third kappa shape index (κ3) is 4.29. The topological polar surface area (TPSA) is 69.6 Å². The molecule has 5 heteroatoms. The Morgan fingerprint density at radius 1 is 1.50 bits per heavy atom. The van der Waals surface area contributed by atoms with Crippen molar-refractivity contribution in [3.63, 3.8) is 0 Å². The first kappa shape index (κ1) is 15.0. The fraction of sp³-hybridized carbons (Fsp3) is 0.462. The molecule has 0 spiro atoms. The number of nitrogens with one attached hydrogen (secondary N) is 1. The molecule has 1 aliphatic heterocycles. The summed E-state index contributed by atoms with van der Waals surface area (Å²) in [6.07, 6.45) is 1.08. The normalized spacial score (nSPS) is 22.2. The van der Waals surface area contributed by atoms with Gasteiger partial charge in [0.05, 0.1) is 4.87 Å². The molecule has 1 aromatic carbocycles. The summed E-state index contributed by atoms with van der Waals surface area (Å²) in [7, 11) is 0. The largest absolute Gasteiger partial charge is 0.480 e. The Labute approximate surface area is 112 Å². The van der Waals surface area contributed by atoms with Gasteiger partial charge < -0.3 is 15.5 Å². The second kappa shape index (κ2) is 6.73. The average molecular weight is 272 g/mol. The number of fused-ring (bicyclic) bond motifs is 1.